The highest BCUT2D eigenvalue weighted by Crippen LogP contribution is 2.29. The normalized spacial score (nSPS) is 13.1. The summed E-state index contributed by atoms with van der Waals surface area (Å²) in [5.41, 5.74) is 17.1. The number of hydrogen-bond donors (Lipinski definition) is 5. The summed E-state index contributed by atoms with van der Waals surface area (Å²) in [4.78, 5) is 39.2. The van der Waals surface area contributed by atoms with Gasteiger partial charge in [0.15, 0.2) is 0 Å². The van der Waals surface area contributed by atoms with Crippen molar-refractivity contribution < 1.29 is 14.4 Å². The molecule has 3 aromatic rings. The number of benzene rings is 3. The molecular formula is C34H45N6O3. The van der Waals surface area contributed by atoms with Crippen LogP contribution in [0.1, 0.15) is 51.3 Å². The first-order chi connectivity index (χ1) is 20.5. The van der Waals surface area contributed by atoms with E-state index in [1.165, 1.54) is 5.92 Å². The summed E-state index contributed by atoms with van der Waals surface area (Å²) in [6.07, 6.45) is 1.29. The van der Waals surface area contributed by atoms with Crippen molar-refractivity contribution in [3.63, 3.8) is 0 Å². The first kappa shape index (κ1) is 33.3. The zero-order valence-corrected chi connectivity index (χ0v) is 25.8. The molecule has 0 spiro atoms. The van der Waals surface area contributed by atoms with Gasteiger partial charge in [-0.25, -0.2) is 0 Å². The lowest BCUT2D eigenvalue weighted by Crippen LogP contribution is -2.47. The second-order valence-corrected chi connectivity index (χ2v) is 10.9. The molecule has 0 saturated heterocycles. The average Bonchev–Trinajstić information content (AvgIpc) is 2.98. The minimum Gasteiger partial charge on any atom is -0.372 e. The lowest BCUT2D eigenvalue weighted by molar-refractivity contribution is -0.126. The number of amides is 3. The SMILES string of the molecule is CCN(CC)c1cccc([C](Cc2cccc(NC(=O)[C@H](C)N)c2)Cc2cccc(NC(=O)[C@H](C)NC(=O)[C@H](C)N)c2)c1. The third-order valence-corrected chi connectivity index (χ3v) is 7.19. The third-order valence-electron chi connectivity index (χ3n) is 7.19. The summed E-state index contributed by atoms with van der Waals surface area (Å²) >= 11 is 0. The molecule has 3 rings (SSSR count). The van der Waals surface area contributed by atoms with Crippen LogP contribution in [0, 0.1) is 5.92 Å². The van der Waals surface area contributed by atoms with Crippen LogP contribution in [0.25, 0.3) is 0 Å². The van der Waals surface area contributed by atoms with Crippen molar-refractivity contribution in [3.8, 4) is 0 Å². The fourth-order valence-electron chi connectivity index (χ4n) is 4.71. The van der Waals surface area contributed by atoms with E-state index in [1.807, 2.05) is 48.5 Å². The van der Waals surface area contributed by atoms with Gasteiger partial charge in [-0.1, -0.05) is 36.4 Å². The highest BCUT2D eigenvalue weighted by atomic mass is 16.2. The van der Waals surface area contributed by atoms with E-state index in [0.717, 1.165) is 35.5 Å². The van der Waals surface area contributed by atoms with E-state index in [-0.39, 0.29) is 17.7 Å². The smallest absolute Gasteiger partial charge is 0.246 e. The highest BCUT2D eigenvalue weighted by Gasteiger charge is 2.20. The predicted octanol–water partition coefficient (Wildman–Crippen LogP) is 4.02. The average molecular weight is 586 g/mol. The molecule has 0 bridgehead atoms. The standard InChI is InChI=1S/C34H45N6O3/c1-6-40(7-2)31-16-10-13-27(21-31)28(17-25-11-8-14-29(19-25)38-33(42)23(4)36)18-26-12-9-15-30(20-26)39-34(43)24(5)37-32(41)22(3)35/h8-16,19-24H,6-7,17-18,35-36H2,1-5H3,(H,37,41)(H,38,42)(H,39,43)/t22-,23-,24-/m0/s1. The molecule has 0 aliphatic carbocycles. The molecule has 0 fully saturated rings. The van der Waals surface area contributed by atoms with Crippen LogP contribution in [0.15, 0.2) is 72.8 Å². The Balaban J connectivity index is 1.88. The number of nitrogens with one attached hydrogen (secondary N) is 3. The number of nitrogens with zero attached hydrogens (tertiary/aromatic N) is 1. The van der Waals surface area contributed by atoms with Crippen LogP contribution in [0.2, 0.25) is 0 Å². The zero-order valence-electron chi connectivity index (χ0n) is 25.8. The van der Waals surface area contributed by atoms with Crippen LogP contribution < -0.4 is 32.3 Å². The fraction of sp³-hybridized carbons (Fsp3) is 0.353. The number of carbonyl (C=O) groups excluding carboxylic acids is 3. The van der Waals surface area contributed by atoms with Gasteiger partial charge in [0.1, 0.15) is 6.04 Å². The van der Waals surface area contributed by atoms with E-state index in [2.05, 4.69) is 59.0 Å². The molecular weight excluding hydrogens is 540 g/mol. The number of nitrogens with two attached hydrogens (primary N) is 2. The largest absolute Gasteiger partial charge is 0.372 e. The second-order valence-electron chi connectivity index (χ2n) is 10.9. The van der Waals surface area contributed by atoms with Crippen LogP contribution in [0.3, 0.4) is 0 Å². The van der Waals surface area contributed by atoms with Gasteiger partial charge in [0.05, 0.1) is 12.1 Å². The third kappa shape index (κ3) is 9.94. The predicted molar refractivity (Wildman–Crippen MR) is 175 cm³/mol. The van der Waals surface area contributed by atoms with Gasteiger partial charge in [0, 0.05) is 36.1 Å². The van der Waals surface area contributed by atoms with Crippen LogP contribution in [0.5, 0.6) is 0 Å². The molecule has 3 amide bonds. The molecule has 0 heterocycles. The van der Waals surface area contributed by atoms with Crippen LogP contribution in [-0.2, 0) is 27.2 Å². The van der Waals surface area contributed by atoms with Crippen LogP contribution in [-0.4, -0.2) is 48.9 Å². The lowest BCUT2D eigenvalue weighted by atomic mass is 9.86. The molecule has 9 nitrogen and oxygen atoms in total. The molecule has 43 heavy (non-hydrogen) atoms. The van der Waals surface area contributed by atoms with Gasteiger partial charge in [-0.05, 0) is 101 Å². The van der Waals surface area contributed by atoms with Crippen molar-refractivity contribution in [2.75, 3.05) is 28.6 Å². The maximum Gasteiger partial charge on any atom is 0.246 e. The van der Waals surface area contributed by atoms with Gasteiger partial charge in [0.25, 0.3) is 0 Å². The summed E-state index contributed by atoms with van der Waals surface area (Å²) in [7, 11) is 0. The maximum absolute atomic E-state index is 12.8. The first-order valence-corrected chi connectivity index (χ1v) is 14.8. The molecule has 1 radical (unpaired) electrons. The van der Waals surface area contributed by atoms with E-state index in [0.29, 0.717) is 24.2 Å². The van der Waals surface area contributed by atoms with Gasteiger partial charge >= 0.3 is 0 Å². The highest BCUT2D eigenvalue weighted by molar-refractivity contribution is 5.97. The molecule has 3 aromatic carbocycles. The molecule has 0 aromatic heterocycles. The number of anilines is 3. The molecule has 7 N–H and O–H groups in total. The topological polar surface area (TPSA) is 143 Å². The van der Waals surface area contributed by atoms with Crippen molar-refractivity contribution in [2.45, 2.75) is 65.6 Å². The number of rotatable bonds is 14. The maximum atomic E-state index is 12.8. The molecule has 0 aliphatic rings. The Morgan fingerprint density at radius 2 is 1.21 bits per heavy atom. The summed E-state index contributed by atoms with van der Waals surface area (Å²) in [5.74, 6) is 0.237. The van der Waals surface area contributed by atoms with Crippen molar-refractivity contribution >= 4 is 34.8 Å². The zero-order chi connectivity index (χ0) is 31.5. The van der Waals surface area contributed by atoms with Crippen molar-refractivity contribution in [1.82, 2.24) is 5.32 Å². The molecule has 9 heteroatoms. The van der Waals surface area contributed by atoms with Crippen molar-refractivity contribution in [2.24, 2.45) is 11.5 Å². The Kier molecular flexibility index (Phi) is 12.3. The molecule has 0 unspecified atom stereocenters. The first-order valence-electron chi connectivity index (χ1n) is 14.8. The molecule has 229 valence electrons. The van der Waals surface area contributed by atoms with E-state index in [9.17, 15) is 14.4 Å². The van der Waals surface area contributed by atoms with Crippen LogP contribution in [0.4, 0.5) is 17.1 Å². The van der Waals surface area contributed by atoms with E-state index in [4.69, 9.17) is 11.5 Å². The minimum absolute atomic E-state index is 0.237. The fourth-order valence-corrected chi connectivity index (χ4v) is 4.71. The van der Waals surface area contributed by atoms with Gasteiger partial charge < -0.3 is 32.3 Å². The molecule has 0 aliphatic heterocycles. The van der Waals surface area contributed by atoms with E-state index in [1.54, 1.807) is 20.8 Å². The molecule has 0 saturated carbocycles. The Morgan fingerprint density at radius 1 is 0.698 bits per heavy atom. The summed E-state index contributed by atoms with van der Waals surface area (Å²) in [6, 6.07) is 22.0. The summed E-state index contributed by atoms with van der Waals surface area (Å²) in [6.45, 7) is 10.9. The van der Waals surface area contributed by atoms with Gasteiger partial charge in [0.2, 0.25) is 17.7 Å². The molecule has 3 atom stereocenters. The summed E-state index contributed by atoms with van der Waals surface area (Å²) < 4.78 is 0. The summed E-state index contributed by atoms with van der Waals surface area (Å²) in [5, 5.41) is 8.41. The quantitative estimate of drug-likeness (QED) is 0.193. The van der Waals surface area contributed by atoms with Crippen molar-refractivity contribution in [3.05, 3.63) is 95.4 Å². The van der Waals surface area contributed by atoms with Gasteiger partial charge in [-0.3, -0.25) is 14.4 Å². The number of carbonyl (C=O) groups is 3. The van der Waals surface area contributed by atoms with Crippen molar-refractivity contribution in [1.29, 1.82) is 0 Å². The second kappa shape index (κ2) is 15.9. The number of hydrogen-bond acceptors (Lipinski definition) is 6. The Labute approximate surface area is 255 Å². The van der Waals surface area contributed by atoms with E-state index >= 15 is 0 Å². The lowest BCUT2D eigenvalue weighted by Gasteiger charge is -2.24. The van der Waals surface area contributed by atoms with Crippen LogP contribution >= 0.6 is 0 Å². The monoisotopic (exact) mass is 585 g/mol. The van der Waals surface area contributed by atoms with Gasteiger partial charge in [-0.2, -0.15) is 0 Å². The Bertz CT molecular complexity index is 1390. The van der Waals surface area contributed by atoms with E-state index < -0.39 is 18.1 Å². The van der Waals surface area contributed by atoms with Gasteiger partial charge in [-0.15, -0.1) is 0 Å². The minimum atomic E-state index is -0.734. The Morgan fingerprint density at radius 3 is 1.72 bits per heavy atom. The Hall–Kier alpha value is -4.21.